The number of aryl methyl sites for hydroxylation is 1. The van der Waals surface area contributed by atoms with E-state index in [1.165, 1.54) is 17.0 Å². The number of nitrogens with zero attached hydrogens (tertiary/aromatic N) is 2. The Hall–Kier alpha value is -3.27. The van der Waals surface area contributed by atoms with Crippen LogP contribution in [0.25, 0.3) is 11.0 Å². The summed E-state index contributed by atoms with van der Waals surface area (Å²) in [6.45, 7) is 5.25. The van der Waals surface area contributed by atoms with Crippen molar-refractivity contribution in [2.24, 2.45) is 0 Å². The molecule has 3 heterocycles. The summed E-state index contributed by atoms with van der Waals surface area (Å²) < 4.78 is 11.9. The molecule has 1 aliphatic rings. The Morgan fingerprint density at radius 2 is 2.11 bits per heavy atom. The number of hydrogen-bond acceptors (Lipinski definition) is 7. The normalized spacial score (nSPS) is 14.9. The van der Waals surface area contributed by atoms with Gasteiger partial charge in [0, 0.05) is 9.50 Å². The van der Waals surface area contributed by atoms with E-state index in [0.29, 0.717) is 16.3 Å². The maximum Gasteiger partial charge on any atom is 0.350 e. The van der Waals surface area contributed by atoms with Gasteiger partial charge in [0.05, 0.1) is 22.7 Å². The van der Waals surface area contributed by atoms with Crippen LogP contribution in [0.4, 0.5) is 5.13 Å². The van der Waals surface area contributed by atoms with Crippen LogP contribution >= 0.6 is 38.9 Å². The number of anilines is 1. The number of benzene rings is 2. The molecule has 5 rings (SSSR count). The maximum absolute atomic E-state index is 13.7. The van der Waals surface area contributed by atoms with E-state index in [0.717, 1.165) is 15.8 Å². The van der Waals surface area contributed by atoms with Gasteiger partial charge in [-0.2, -0.15) is 0 Å². The molecule has 0 spiro atoms. The van der Waals surface area contributed by atoms with Crippen molar-refractivity contribution in [3.63, 3.8) is 0 Å². The molecule has 0 saturated carbocycles. The molecule has 1 aliphatic heterocycles. The highest BCUT2D eigenvalue weighted by Crippen LogP contribution is 2.43. The first kappa shape index (κ1) is 23.5. The van der Waals surface area contributed by atoms with Crippen LogP contribution in [0.3, 0.4) is 0 Å². The van der Waals surface area contributed by atoms with Crippen LogP contribution in [0.2, 0.25) is 5.02 Å². The minimum Gasteiger partial charge on any atom is -0.457 e. The molecular formula is C25H16BrClN2O5S. The zero-order valence-corrected chi connectivity index (χ0v) is 21.4. The van der Waals surface area contributed by atoms with Gasteiger partial charge in [0.1, 0.15) is 17.1 Å². The van der Waals surface area contributed by atoms with Gasteiger partial charge in [-0.15, -0.1) is 0 Å². The third-order valence-electron chi connectivity index (χ3n) is 5.51. The molecule has 1 atom stereocenters. The van der Waals surface area contributed by atoms with Crippen LogP contribution in [0.1, 0.15) is 43.1 Å². The first-order chi connectivity index (χ1) is 16.8. The fourth-order valence-corrected chi connectivity index (χ4v) is 5.59. The zero-order chi connectivity index (χ0) is 24.9. The van der Waals surface area contributed by atoms with Gasteiger partial charge in [-0.25, -0.2) is 9.78 Å². The topological polar surface area (TPSA) is 89.7 Å². The van der Waals surface area contributed by atoms with Gasteiger partial charge in [-0.1, -0.05) is 63.7 Å². The summed E-state index contributed by atoms with van der Waals surface area (Å²) >= 11 is 10.6. The van der Waals surface area contributed by atoms with Gasteiger partial charge >= 0.3 is 5.97 Å². The lowest BCUT2D eigenvalue weighted by atomic mass is 9.99. The third kappa shape index (κ3) is 3.99. The molecule has 0 bridgehead atoms. The number of hydrogen-bond donors (Lipinski definition) is 0. The average Bonchev–Trinajstić information content (AvgIpc) is 3.35. The number of esters is 1. The molecule has 35 heavy (non-hydrogen) atoms. The van der Waals surface area contributed by atoms with Gasteiger partial charge in [0.2, 0.25) is 5.76 Å². The van der Waals surface area contributed by atoms with Crippen LogP contribution in [-0.4, -0.2) is 23.5 Å². The number of ether oxygens (including phenoxy) is 1. The number of amides is 1. The van der Waals surface area contributed by atoms with Gasteiger partial charge < -0.3 is 9.15 Å². The van der Waals surface area contributed by atoms with E-state index in [2.05, 4.69) is 27.5 Å². The lowest BCUT2D eigenvalue weighted by molar-refractivity contribution is 0.0554. The van der Waals surface area contributed by atoms with E-state index in [9.17, 15) is 14.4 Å². The minimum absolute atomic E-state index is 0.0494. The maximum atomic E-state index is 13.7. The summed E-state index contributed by atoms with van der Waals surface area (Å²) in [7, 11) is 0. The summed E-state index contributed by atoms with van der Waals surface area (Å²) in [5.74, 6) is -1.17. The highest BCUT2D eigenvalue weighted by Gasteiger charge is 2.45. The second-order valence-electron chi connectivity index (χ2n) is 7.75. The molecule has 0 N–H and O–H groups in total. The molecule has 2 aromatic heterocycles. The number of thiazole rings is 1. The number of carbonyl (C=O) groups excluding carboxylic acids is 2. The Morgan fingerprint density at radius 1 is 1.31 bits per heavy atom. The molecule has 176 valence electrons. The monoisotopic (exact) mass is 570 g/mol. The fourth-order valence-electron chi connectivity index (χ4n) is 4.01. The molecular weight excluding hydrogens is 556 g/mol. The molecule has 1 amide bonds. The SMILES string of the molecule is C=CCOC(=O)c1sc(N2C(=O)c3oc4ccc(Cl)cc4c(=O)c3C2c2cccc(Br)c2)nc1C. The van der Waals surface area contributed by atoms with Crippen molar-refractivity contribution in [2.45, 2.75) is 13.0 Å². The van der Waals surface area contributed by atoms with Crippen LogP contribution in [-0.2, 0) is 4.74 Å². The van der Waals surface area contributed by atoms with Crippen LogP contribution in [0, 0.1) is 6.92 Å². The van der Waals surface area contributed by atoms with Crippen molar-refractivity contribution in [3.8, 4) is 0 Å². The minimum atomic E-state index is -0.822. The van der Waals surface area contributed by atoms with Gasteiger partial charge in [-0.05, 0) is 42.8 Å². The predicted octanol–water partition coefficient (Wildman–Crippen LogP) is 6.07. The lowest BCUT2D eigenvalue weighted by Crippen LogP contribution is -2.29. The van der Waals surface area contributed by atoms with Gasteiger partial charge in [-0.3, -0.25) is 14.5 Å². The molecule has 0 radical (unpaired) electrons. The number of fused-ring (bicyclic) bond motifs is 2. The number of rotatable bonds is 5. The Bertz CT molecular complexity index is 1590. The van der Waals surface area contributed by atoms with Crippen molar-refractivity contribution in [1.29, 1.82) is 0 Å². The average molecular weight is 572 g/mol. The zero-order valence-electron chi connectivity index (χ0n) is 18.2. The van der Waals surface area contributed by atoms with E-state index in [4.69, 9.17) is 20.8 Å². The number of halogens is 2. The Balaban J connectivity index is 1.73. The first-order valence-corrected chi connectivity index (χ1v) is 12.4. The van der Waals surface area contributed by atoms with E-state index in [1.807, 2.05) is 24.3 Å². The van der Waals surface area contributed by atoms with Crippen molar-refractivity contribution < 1.29 is 18.7 Å². The second kappa shape index (κ2) is 9.07. The standard InChI is InChI=1S/C25H16BrClN2O5S/c1-3-9-33-24(32)22-12(2)28-25(35-22)29-19(13-5-4-6-14(26)10-13)18-20(30)16-11-15(27)7-8-17(16)34-21(18)23(29)31/h3-8,10-11,19H,1,9H2,2H3. The van der Waals surface area contributed by atoms with Crippen molar-refractivity contribution in [2.75, 3.05) is 11.5 Å². The quantitative estimate of drug-likeness (QED) is 0.213. The largest absolute Gasteiger partial charge is 0.457 e. The number of carbonyl (C=O) groups is 2. The lowest BCUT2D eigenvalue weighted by Gasteiger charge is -2.22. The summed E-state index contributed by atoms with van der Waals surface area (Å²) in [5.41, 5.74) is 1.16. The van der Waals surface area contributed by atoms with Crippen LogP contribution in [0.15, 0.2) is 68.8 Å². The Kier molecular flexibility index (Phi) is 6.08. The van der Waals surface area contributed by atoms with Crippen LogP contribution < -0.4 is 10.3 Å². The van der Waals surface area contributed by atoms with Crippen molar-refractivity contribution in [3.05, 3.63) is 102 Å². The molecule has 0 fully saturated rings. The summed E-state index contributed by atoms with van der Waals surface area (Å²) in [5, 5.41) is 0.897. The van der Waals surface area contributed by atoms with Gasteiger partial charge in [0.25, 0.3) is 5.91 Å². The summed E-state index contributed by atoms with van der Waals surface area (Å²) in [6.07, 6.45) is 1.47. The molecule has 0 saturated heterocycles. The summed E-state index contributed by atoms with van der Waals surface area (Å²) in [6, 6.07) is 11.1. The molecule has 0 aliphatic carbocycles. The fraction of sp³-hybridized carbons (Fsp3) is 0.120. The number of aromatic nitrogens is 1. The molecule has 4 aromatic rings. The molecule has 7 nitrogen and oxygen atoms in total. The van der Waals surface area contributed by atoms with E-state index < -0.39 is 17.9 Å². The van der Waals surface area contributed by atoms with E-state index >= 15 is 0 Å². The predicted molar refractivity (Wildman–Crippen MR) is 138 cm³/mol. The van der Waals surface area contributed by atoms with Crippen molar-refractivity contribution in [1.82, 2.24) is 4.98 Å². The van der Waals surface area contributed by atoms with E-state index in [-0.39, 0.29) is 44.3 Å². The van der Waals surface area contributed by atoms with Crippen molar-refractivity contribution >= 4 is 66.8 Å². The van der Waals surface area contributed by atoms with Gasteiger partial charge in [0.15, 0.2) is 10.6 Å². The first-order valence-electron chi connectivity index (χ1n) is 10.4. The summed E-state index contributed by atoms with van der Waals surface area (Å²) in [4.78, 5) is 46.0. The third-order valence-corrected chi connectivity index (χ3v) is 7.37. The highest BCUT2D eigenvalue weighted by atomic mass is 79.9. The molecule has 10 heteroatoms. The Morgan fingerprint density at radius 3 is 2.86 bits per heavy atom. The Labute approximate surface area is 216 Å². The second-order valence-corrected chi connectivity index (χ2v) is 10.1. The molecule has 1 unspecified atom stereocenters. The van der Waals surface area contributed by atoms with Crippen LogP contribution in [0.5, 0.6) is 0 Å². The molecule has 2 aromatic carbocycles. The smallest absolute Gasteiger partial charge is 0.350 e. The van der Waals surface area contributed by atoms with E-state index in [1.54, 1.807) is 19.1 Å². The highest BCUT2D eigenvalue weighted by molar-refractivity contribution is 9.10.